The first-order valence-corrected chi connectivity index (χ1v) is 6.38. The second-order valence-corrected chi connectivity index (χ2v) is 5.10. The summed E-state index contributed by atoms with van der Waals surface area (Å²) in [5.74, 6) is -0.309. The van der Waals surface area contributed by atoms with Gasteiger partial charge < -0.3 is 16.0 Å². The van der Waals surface area contributed by atoms with E-state index in [1.165, 1.54) is 24.0 Å². The lowest BCUT2D eigenvalue weighted by Gasteiger charge is -2.20. The molecule has 18 heavy (non-hydrogen) atoms. The fourth-order valence-electron chi connectivity index (χ4n) is 2.12. The summed E-state index contributed by atoms with van der Waals surface area (Å²) < 4.78 is 0. The predicted molar refractivity (Wildman–Crippen MR) is 73.5 cm³/mol. The molecule has 0 heterocycles. The summed E-state index contributed by atoms with van der Waals surface area (Å²) in [6, 6.07) is 7.06. The highest BCUT2D eigenvalue weighted by Gasteiger charge is 2.20. The van der Waals surface area contributed by atoms with Crippen LogP contribution in [0.5, 0.6) is 0 Å². The zero-order valence-electron chi connectivity index (χ0n) is 11.1. The van der Waals surface area contributed by atoms with Gasteiger partial charge in [0, 0.05) is 25.3 Å². The van der Waals surface area contributed by atoms with Crippen molar-refractivity contribution in [2.75, 3.05) is 18.5 Å². The quantitative estimate of drug-likeness (QED) is 0.793. The number of nitrogens with one attached hydrogen (secondary N) is 1. The van der Waals surface area contributed by atoms with Gasteiger partial charge in [0.25, 0.3) is 0 Å². The summed E-state index contributed by atoms with van der Waals surface area (Å²) in [5, 5.41) is 3.49. The fraction of sp³-hybridized carbons (Fsp3) is 0.500. The highest BCUT2D eigenvalue weighted by Crippen LogP contribution is 2.22. The molecule has 1 aliphatic rings. The number of hydrogen-bond acceptors (Lipinski definition) is 3. The Kier molecular flexibility index (Phi) is 3.87. The van der Waals surface area contributed by atoms with Crippen LogP contribution in [0.25, 0.3) is 0 Å². The number of carbonyl (C=O) groups excluding carboxylic acids is 1. The molecule has 1 fully saturated rings. The second-order valence-electron chi connectivity index (χ2n) is 5.10. The summed E-state index contributed by atoms with van der Waals surface area (Å²) >= 11 is 0. The van der Waals surface area contributed by atoms with Crippen molar-refractivity contribution >= 4 is 11.6 Å². The molecule has 0 aromatic heterocycles. The molecule has 0 bridgehead atoms. The Hall–Kier alpha value is -1.55. The SMILES string of the molecule is Cc1cc(CNC2CC2)ccc1N(C)CC(N)=O. The van der Waals surface area contributed by atoms with Gasteiger partial charge in [-0.3, -0.25) is 4.79 Å². The molecule has 4 nitrogen and oxygen atoms in total. The van der Waals surface area contributed by atoms with Crippen molar-refractivity contribution in [3.05, 3.63) is 29.3 Å². The number of hydrogen-bond donors (Lipinski definition) is 2. The van der Waals surface area contributed by atoms with Crippen LogP contribution < -0.4 is 16.0 Å². The number of carbonyl (C=O) groups is 1. The molecule has 0 atom stereocenters. The van der Waals surface area contributed by atoms with Crippen LogP contribution in [0.1, 0.15) is 24.0 Å². The molecule has 1 amide bonds. The third-order valence-electron chi connectivity index (χ3n) is 3.24. The maximum absolute atomic E-state index is 10.9. The number of rotatable bonds is 6. The molecule has 0 spiro atoms. The van der Waals surface area contributed by atoms with Gasteiger partial charge >= 0.3 is 0 Å². The molecule has 4 heteroatoms. The van der Waals surface area contributed by atoms with E-state index in [1.54, 1.807) is 0 Å². The normalized spacial score (nSPS) is 14.6. The largest absolute Gasteiger partial charge is 0.368 e. The minimum absolute atomic E-state index is 0.251. The first kappa shape index (κ1) is 12.9. The lowest BCUT2D eigenvalue weighted by molar-refractivity contribution is -0.116. The minimum atomic E-state index is -0.309. The predicted octanol–water partition coefficient (Wildman–Crippen LogP) is 1.17. The molecule has 98 valence electrons. The zero-order chi connectivity index (χ0) is 13.1. The summed E-state index contributed by atoms with van der Waals surface area (Å²) in [4.78, 5) is 12.8. The van der Waals surface area contributed by atoms with Crippen LogP contribution in [0.15, 0.2) is 18.2 Å². The third kappa shape index (κ3) is 3.47. The number of amides is 1. The number of aryl methyl sites for hydroxylation is 1. The Morgan fingerprint density at radius 3 is 2.78 bits per heavy atom. The molecule has 1 saturated carbocycles. The summed E-state index contributed by atoms with van der Waals surface area (Å²) in [6.45, 7) is 3.24. The second kappa shape index (κ2) is 5.40. The monoisotopic (exact) mass is 247 g/mol. The molecular weight excluding hydrogens is 226 g/mol. The van der Waals surface area contributed by atoms with E-state index in [9.17, 15) is 4.79 Å². The third-order valence-corrected chi connectivity index (χ3v) is 3.24. The van der Waals surface area contributed by atoms with Crippen LogP contribution >= 0.6 is 0 Å². The summed E-state index contributed by atoms with van der Waals surface area (Å²) in [7, 11) is 1.88. The average Bonchev–Trinajstić information content (AvgIpc) is 3.09. The van der Waals surface area contributed by atoms with E-state index in [1.807, 2.05) is 11.9 Å². The zero-order valence-corrected chi connectivity index (χ0v) is 11.1. The fourth-order valence-corrected chi connectivity index (χ4v) is 2.12. The minimum Gasteiger partial charge on any atom is -0.368 e. The molecule has 1 aromatic rings. The number of nitrogens with two attached hydrogens (primary N) is 1. The Bertz CT molecular complexity index is 441. The smallest absolute Gasteiger partial charge is 0.236 e. The van der Waals surface area contributed by atoms with Crippen LogP contribution in [0.4, 0.5) is 5.69 Å². The lowest BCUT2D eigenvalue weighted by atomic mass is 10.1. The number of nitrogens with zero attached hydrogens (tertiary/aromatic N) is 1. The van der Waals surface area contributed by atoms with Crippen molar-refractivity contribution in [2.45, 2.75) is 32.4 Å². The van der Waals surface area contributed by atoms with Crippen LogP contribution in [0.2, 0.25) is 0 Å². The standard InChI is InChI=1S/C14H21N3O/c1-10-7-11(8-16-12-4-5-12)3-6-13(10)17(2)9-14(15)18/h3,6-7,12,16H,4-5,8-9H2,1-2H3,(H2,15,18). The number of likely N-dealkylation sites (N-methyl/N-ethyl adjacent to an activating group) is 1. The molecule has 2 rings (SSSR count). The van der Waals surface area contributed by atoms with Gasteiger partial charge in [-0.2, -0.15) is 0 Å². The van der Waals surface area contributed by atoms with Gasteiger partial charge in [0.1, 0.15) is 0 Å². The number of primary amides is 1. The summed E-state index contributed by atoms with van der Waals surface area (Å²) in [6.07, 6.45) is 2.61. The van der Waals surface area contributed by atoms with Gasteiger partial charge in [-0.05, 0) is 37.0 Å². The molecule has 0 saturated heterocycles. The van der Waals surface area contributed by atoms with Crippen molar-refractivity contribution in [3.63, 3.8) is 0 Å². The van der Waals surface area contributed by atoms with Crippen molar-refractivity contribution in [1.29, 1.82) is 0 Å². The van der Waals surface area contributed by atoms with Gasteiger partial charge in [-0.25, -0.2) is 0 Å². The average molecular weight is 247 g/mol. The highest BCUT2D eigenvalue weighted by molar-refractivity contribution is 5.79. The van der Waals surface area contributed by atoms with Gasteiger partial charge in [0.05, 0.1) is 6.54 Å². The van der Waals surface area contributed by atoms with E-state index in [4.69, 9.17) is 5.73 Å². The number of anilines is 1. The molecule has 3 N–H and O–H groups in total. The van der Waals surface area contributed by atoms with Crippen LogP contribution in [-0.4, -0.2) is 25.5 Å². The van der Waals surface area contributed by atoms with E-state index < -0.39 is 0 Å². The van der Waals surface area contributed by atoms with Crippen LogP contribution in [-0.2, 0) is 11.3 Å². The van der Waals surface area contributed by atoms with Gasteiger partial charge in [0.15, 0.2) is 0 Å². The van der Waals surface area contributed by atoms with Gasteiger partial charge in [-0.1, -0.05) is 12.1 Å². The van der Waals surface area contributed by atoms with E-state index in [0.29, 0.717) is 0 Å². The molecule has 0 aliphatic heterocycles. The van der Waals surface area contributed by atoms with Crippen molar-refractivity contribution in [1.82, 2.24) is 5.32 Å². The van der Waals surface area contributed by atoms with Crippen LogP contribution in [0, 0.1) is 6.92 Å². The molecular formula is C14H21N3O. The topological polar surface area (TPSA) is 58.4 Å². The van der Waals surface area contributed by atoms with Gasteiger partial charge in [-0.15, -0.1) is 0 Å². The lowest BCUT2D eigenvalue weighted by Crippen LogP contribution is -2.30. The molecule has 0 unspecified atom stereocenters. The van der Waals surface area contributed by atoms with E-state index in [2.05, 4.69) is 30.4 Å². The first-order valence-electron chi connectivity index (χ1n) is 6.38. The van der Waals surface area contributed by atoms with Crippen molar-refractivity contribution in [3.8, 4) is 0 Å². The molecule has 1 aromatic carbocycles. The van der Waals surface area contributed by atoms with Crippen molar-refractivity contribution < 1.29 is 4.79 Å². The Labute approximate surface area is 108 Å². The van der Waals surface area contributed by atoms with E-state index in [0.717, 1.165) is 18.3 Å². The van der Waals surface area contributed by atoms with Crippen molar-refractivity contribution in [2.24, 2.45) is 5.73 Å². The summed E-state index contributed by atoms with van der Waals surface area (Å²) in [5.41, 5.74) is 8.73. The Balaban J connectivity index is 2.01. The Morgan fingerprint density at radius 2 is 2.22 bits per heavy atom. The van der Waals surface area contributed by atoms with E-state index in [-0.39, 0.29) is 12.5 Å². The molecule has 0 radical (unpaired) electrons. The Morgan fingerprint density at radius 1 is 1.50 bits per heavy atom. The number of benzene rings is 1. The molecule has 1 aliphatic carbocycles. The first-order chi connectivity index (χ1) is 8.56. The van der Waals surface area contributed by atoms with Gasteiger partial charge in [0.2, 0.25) is 5.91 Å². The van der Waals surface area contributed by atoms with Crippen LogP contribution in [0.3, 0.4) is 0 Å². The maximum Gasteiger partial charge on any atom is 0.236 e. The van der Waals surface area contributed by atoms with E-state index >= 15 is 0 Å². The highest BCUT2D eigenvalue weighted by atomic mass is 16.1. The maximum atomic E-state index is 10.9.